The lowest BCUT2D eigenvalue weighted by Crippen LogP contribution is -1.98. The molecule has 0 heterocycles. The van der Waals surface area contributed by atoms with E-state index in [0.29, 0.717) is 5.56 Å². The van der Waals surface area contributed by atoms with Crippen LogP contribution in [0.15, 0.2) is 84.9 Å². The Balaban J connectivity index is 1.48. The molecule has 0 aromatic heterocycles. The Labute approximate surface area is 192 Å². The summed E-state index contributed by atoms with van der Waals surface area (Å²) >= 11 is 0. The second-order valence-electron chi connectivity index (χ2n) is 8.33. The van der Waals surface area contributed by atoms with Crippen LogP contribution in [0.5, 0.6) is 0 Å². The van der Waals surface area contributed by atoms with Gasteiger partial charge in [-0.3, -0.25) is 0 Å². The number of benzene rings is 6. The van der Waals surface area contributed by atoms with Gasteiger partial charge in [-0.05, 0) is 55.6 Å². The molecule has 0 aliphatic rings. The Kier molecular flexibility index (Phi) is 4.63. The third-order valence-electron chi connectivity index (χ3n) is 6.31. The van der Waals surface area contributed by atoms with Crippen molar-refractivity contribution < 1.29 is 17.6 Å². The molecule has 0 bridgehead atoms. The van der Waals surface area contributed by atoms with Crippen LogP contribution >= 0.6 is 0 Å². The lowest BCUT2D eigenvalue weighted by atomic mass is 9.95. The zero-order valence-electron chi connectivity index (χ0n) is 17.7. The highest BCUT2D eigenvalue weighted by Gasteiger charge is 2.20. The van der Waals surface area contributed by atoms with E-state index in [9.17, 15) is 17.6 Å². The highest BCUT2D eigenvalue weighted by atomic mass is 19.2. The predicted molar refractivity (Wildman–Crippen MR) is 132 cm³/mol. The van der Waals surface area contributed by atoms with Crippen molar-refractivity contribution >= 4 is 55.2 Å². The van der Waals surface area contributed by atoms with Gasteiger partial charge in [0.1, 0.15) is 0 Å². The fraction of sp³-hybridized carbons (Fsp3) is 0. The molecule has 6 rings (SSSR count). The summed E-state index contributed by atoms with van der Waals surface area (Å²) in [6, 6.07) is 26.9. The maximum atomic E-state index is 14.2. The third-order valence-corrected chi connectivity index (χ3v) is 6.31. The first-order chi connectivity index (χ1) is 16.5. The molecule has 164 valence electrons. The number of halogens is 4. The van der Waals surface area contributed by atoms with Crippen LogP contribution in [0.3, 0.4) is 0 Å². The second kappa shape index (κ2) is 7.70. The van der Waals surface area contributed by atoms with Gasteiger partial charge in [-0.25, -0.2) is 17.6 Å². The van der Waals surface area contributed by atoms with Gasteiger partial charge in [0.15, 0.2) is 23.3 Å². The summed E-state index contributed by atoms with van der Waals surface area (Å²) in [7, 11) is 0. The van der Waals surface area contributed by atoms with Gasteiger partial charge in [0.2, 0.25) is 0 Å². The van der Waals surface area contributed by atoms with Crippen LogP contribution in [0.25, 0.3) is 55.2 Å². The fourth-order valence-electron chi connectivity index (χ4n) is 4.61. The summed E-state index contributed by atoms with van der Waals surface area (Å²) in [5, 5.41) is 6.29. The van der Waals surface area contributed by atoms with E-state index in [4.69, 9.17) is 0 Å². The highest BCUT2D eigenvalue weighted by molar-refractivity contribution is 6.20. The quantitative estimate of drug-likeness (QED) is 0.0808. The molecule has 6 aromatic rings. The molecular formula is C30H16F4. The van der Waals surface area contributed by atoms with Gasteiger partial charge in [0.05, 0.1) is 0 Å². The molecule has 0 aliphatic carbocycles. The van der Waals surface area contributed by atoms with Crippen molar-refractivity contribution in [1.82, 2.24) is 0 Å². The minimum Gasteiger partial charge on any atom is -0.203 e. The Morgan fingerprint density at radius 3 is 1.68 bits per heavy atom. The van der Waals surface area contributed by atoms with Gasteiger partial charge < -0.3 is 0 Å². The molecule has 6 aromatic carbocycles. The highest BCUT2D eigenvalue weighted by Crippen LogP contribution is 2.33. The van der Waals surface area contributed by atoms with Crippen molar-refractivity contribution in [2.24, 2.45) is 0 Å². The average molecular weight is 452 g/mol. The first-order valence-electron chi connectivity index (χ1n) is 10.8. The van der Waals surface area contributed by atoms with Crippen molar-refractivity contribution in [3.8, 4) is 0 Å². The third kappa shape index (κ3) is 3.14. The van der Waals surface area contributed by atoms with Crippen molar-refractivity contribution in [3.05, 3.63) is 119 Å². The number of fused-ring (bicyclic) bond motifs is 6. The van der Waals surface area contributed by atoms with Crippen LogP contribution in [-0.2, 0) is 0 Å². The van der Waals surface area contributed by atoms with Gasteiger partial charge >= 0.3 is 0 Å². The van der Waals surface area contributed by atoms with E-state index < -0.39 is 23.3 Å². The molecule has 4 heteroatoms. The molecular weight excluding hydrogens is 436 g/mol. The second-order valence-corrected chi connectivity index (χ2v) is 8.33. The molecule has 0 fully saturated rings. The molecule has 34 heavy (non-hydrogen) atoms. The van der Waals surface area contributed by atoms with Crippen LogP contribution in [0, 0.1) is 23.3 Å². The van der Waals surface area contributed by atoms with Crippen molar-refractivity contribution in [1.29, 1.82) is 0 Å². The number of hydrogen-bond acceptors (Lipinski definition) is 0. The standard InChI is InChI=1S/C30H16F4/c31-27-23-14-8-18(16-25(23)28(32)30(34)29(27)33)6-5-17-7-9-20-11-13-21-12-10-19-3-1-2-4-22(19)26(21)24(20)15-17/h1-16H/b6-5+. The van der Waals surface area contributed by atoms with E-state index >= 15 is 0 Å². The lowest BCUT2D eigenvalue weighted by molar-refractivity contribution is 0.418. The molecule has 0 atom stereocenters. The Morgan fingerprint density at radius 1 is 0.412 bits per heavy atom. The minimum absolute atomic E-state index is 0.294. The molecule has 0 saturated heterocycles. The summed E-state index contributed by atoms with van der Waals surface area (Å²) in [5.41, 5.74) is 1.46. The van der Waals surface area contributed by atoms with Crippen LogP contribution in [0.4, 0.5) is 17.6 Å². The monoisotopic (exact) mass is 452 g/mol. The number of rotatable bonds is 2. The van der Waals surface area contributed by atoms with Gasteiger partial charge in [0, 0.05) is 10.8 Å². The van der Waals surface area contributed by atoms with Gasteiger partial charge in [-0.2, -0.15) is 0 Å². The molecule has 0 unspecified atom stereocenters. The van der Waals surface area contributed by atoms with E-state index in [1.165, 1.54) is 22.9 Å². The van der Waals surface area contributed by atoms with Crippen molar-refractivity contribution in [2.45, 2.75) is 0 Å². The summed E-state index contributed by atoms with van der Waals surface area (Å²) in [4.78, 5) is 0. The van der Waals surface area contributed by atoms with E-state index in [0.717, 1.165) is 27.1 Å². The van der Waals surface area contributed by atoms with Crippen LogP contribution in [-0.4, -0.2) is 0 Å². The van der Waals surface area contributed by atoms with Crippen LogP contribution < -0.4 is 0 Å². The summed E-state index contributed by atoms with van der Waals surface area (Å²) in [6.45, 7) is 0. The molecule has 0 N–H and O–H groups in total. The topological polar surface area (TPSA) is 0 Å². The molecule has 0 radical (unpaired) electrons. The summed E-state index contributed by atoms with van der Waals surface area (Å²) in [6.07, 6.45) is 3.60. The lowest BCUT2D eigenvalue weighted by Gasteiger charge is -2.09. The smallest absolute Gasteiger partial charge is 0.198 e. The van der Waals surface area contributed by atoms with Crippen molar-refractivity contribution in [2.75, 3.05) is 0 Å². The van der Waals surface area contributed by atoms with E-state index in [1.54, 1.807) is 12.1 Å². The first kappa shape index (κ1) is 20.4. The Morgan fingerprint density at radius 2 is 0.941 bits per heavy atom. The number of hydrogen-bond donors (Lipinski definition) is 0. The SMILES string of the molecule is Fc1c(F)c(F)c2cc(/C=C/c3ccc4ccc5ccc6ccccc6c5c4c3)ccc2c1F. The summed E-state index contributed by atoms with van der Waals surface area (Å²) in [5.74, 6) is -6.39. The Bertz CT molecular complexity index is 1790. The molecule has 0 saturated carbocycles. The maximum Gasteiger partial charge on any atom is 0.198 e. The molecule has 0 aliphatic heterocycles. The fourth-order valence-corrected chi connectivity index (χ4v) is 4.61. The van der Waals surface area contributed by atoms with E-state index in [2.05, 4.69) is 42.5 Å². The summed E-state index contributed by atoms with van der Waals surface area (Å²) < 4.78 is 55.4. The molecule has 0 spiro atoms. The maximum absolute atomic E-state index is 14.2. The first-order valence-corrected chi connectivity index (χ1v) is 10.8. The van der Waals surface area contributed by atoms with E-state index in [-0.39, 0.29) is 10.8 Å². The normalized spacial score (nSPS) is 12.0. The van der Waals surface area contributed by atoms with Crippen LogP contribution in [0.2, 0.25) is 0 Å². The molecule has 0 nitrogen and oxygen atoms in total. The largest absolute Gasteiger partial charge is 0.203 e. The van der Waals surface area contributed by atoms with Crippen LogP contribution in [0.1, 0.15) is 11.1 Å². The van der Waals surface area contributed by atoms with Gasteiger partial charge in [-0.1, -0.05) is 84.9 Å². The Hall–Kier alpha value is -4.18. The van der Waals surface area contributed by atoms with Gasteiger partial charge in [0.25, 0.3) is 0 Å². The zero-order valence-corrected chi connectivity index (χ0v) is 17.7. The average Bonchev–Trinajstić information content (AvgIpc) is 2.88. The minimum atomic E-state index is -1.81. The van der Waals surface area contributed by atoms with Crippen molar-refractivity contribution in [3.63, 3.8) is 0 Å². The predicted octanol–water partition coefficient (Wildman–Crippen LogP) is 9.03. The zero-order chi connectivity index (χ0) is 23.4. The molecule has 0 amide bonds. The van der Waals surface area contributed by atoms with Gasteiger partial charge in [-0.15, -0.1) is 0 Å². The van der Waals surface area contributed by atoms with E-state index in [1.807, 2.05) is 30.3 Å².